The molecule has 0 aliphatic carbocycles. The van der Waals surface area contributed by atoms with Crippen molar-refractivity contribution in [1.29, 1.82) is 0 Å². The Hall–Kier alpha value is -4.01. The third-order valence-corrected chi connectivity index (χ3v) is 3.61. The van der Waals surface area contributed by atoms with Gasteiger partial charge < -0.3 is 5.32 Å². The van der Waals surface area contributed by atoms with Crippen LogP contribution in [0.15, 0.2) is 64.4 Å². The highest BCUT2D eigenvalue weighted by Gasteiger charge is 2.15. The predicted octanol–water partition coefficient (Wildman–Crippen LogP) is 2.78. The molecule has 0 fully saturated rings. The molecule has 0 unspecified atom stereocenters. The predicted molar refractivity (Wildman–Crippen MR) is 101 cm³/mol. The Morgan fingerprint density at radius 1 is 1.22 bits per heavy atom. The highest BCUT2D eigenvalue weighted by atomic mass is 16.6. The van der Waals surface area contributed by atoms with Crippen molar-refractivity contribution >= 4 is 29.3 Å². The Kier molecular flexibility index (Phi) is 4.93. The number of carbonyl (C=O) groups is 1. The standard InChI is InChI=1S/C18H15N5O4/c1-12(24)20-17-16(18(25)22(21-17)14-7-3-2-4-8-14)19-11-13-6-5-9-15(10-13)23(26)27/h2-11,21H,1H3,(H,20,24). The molecular weight excluding hydrogens is 350 g/mol. The summed E-state index contributed by atoms with van der Waals surface area (Å²) in [6.45, 7) is 1.31. The summed E-state index contributed by atoms with van der Waals surface area (Å²) in [4.78, 5) is 38.7. The van der Waals surface area contributed by atoms with Gasteiger partial charge in [-0.2, -0.15) is 0 Å². The molecule has 136 valence electrons. The topological polar surface area (TPSA) is 122 Å². The highest BCUT2D eigenvalue weighted by Crippen LogP contribution is 2.20. The third-order valence-electron chi connectivity index (χ3n) is 3.61. The minimum atomic E-state index is -0.515. The Labute approximate surface area is 153 Å². The van der Waals surface area contributed by atoms with Crippen molar-refractivity contribution in [2.45, 2.75) is 6.92 Å². The van der Waals surface area contributed by atoms with Crippen molar-refractivity contribution < 1.29 is 9.72 Å². The van der Waals surface area contributed by atoms with Gasteiger partial charge in [0.2, 0.25) is 5.91 Å². The molecule has 0 saturated heterocycles. The molecule has 0 aliphatic rings. The van der Waals surface area contributed by atoms with Gasteiger partial charge >= 0.3 is 0 Å². The lowest BCUT2D eigenvalue weighted by Crippen LogP contribution is -2.13. The lowest BCUT2D eigenvalue weighted by Gasteiger charge is -2.01. The van der Waals surface area contributed by atoms with Crippen molar-refractivity contribution in [3.8, 4) is 5.69 Å². The van der Waals surface area contributed by atoms with Crippen LogP contribution in [0.25, 0.3) is 5.69 Å². The van der Waals surface area contributed by atoms with E-state index in [1.165, 1.54) is 36.0 Å². The zero-order valence-electron chi connectivity index (χ0n) is 14.2. The number of aromatic nitrogens is 2. The number of anilines is 1. The average molecular weight is 365 g/mol. The van der Waals surface area contributed by atoms with E-state index in [0.717, 1.165) is 0 Å². The second-order valence-electron chi connectivity index (χ2n) is 5.60. The molecule has 0 saturated carbocycles. The van der Waals surface area contributed by atoms with E-state index >= 15 is 0 Å². The Morgan fingerprint density at radius 3 is 2.63 bits per heavy atom. The van der Waals surface area contributed by atoms with Crippen LogP contribution in [-0.2, 0) is 4.79 Å². The molecule has 0 atom stereocenters. The number of nitrogens with zero attached hydrogens (tertiary/aromatic N) is 3. The van der Waals surface area contributed by atoms with Crippen LogP contribution in [0.1, 0.15) is 12.5 Å². The minimum absolute atomic E-state index is 0.0134. The molecule has 2 N–H and O–H groups in total. The number of rotatable bonds is 5. The summed E-state index contributed by atoms with van der Waals surface area (Å²) in [6, 6.07) is 14.6. The summed E-state index contributed by atoms with van der Waals surface area (Å²) < 4.78 is 1.26. The molecule has 1 amide bonds. The first-order valence-corrected chi connectivity index (χ1v) is 7.92. The first-order chi connectivity index (χ1) is 13.0. The summed E-state index contributed by atoms with van der Waals surface area (Å²) in [7, 11) is 0. The number of hydrogen-bond acceptors (Lipinski definition) is 5. The molecule has 9 nitrogen and oxygen atoms in total. The number of para-hydroxylation sites is 1. The Morgan fingerprint density at radius 2 is 1.96 bits per heavy atom. The van der Waals surface area contributed by atoms with E-state index in [2.05, 4.69) is 15.4 Å². The van der Waals surface area contributed by atoms with Crippen LogP contribution in [0.4, 0.5) is 17.2 Å². The van der Waals surface area contributed by atoms with Crippen LogP contribution >= 0.6 is 0 Å². The normalized spacial score (nSPS) is 10.9. The van der Waals surface area contributed by atoms with Crippen LogP contribution in [-0.4, -0.2) is 26.8 Å². The summed E-state index contributed by atoms with van der Waals surface area (Å²) in [5, 5.41) is 16.2. The molecule has 2 aromatic carbocycles. The molecule has 1 heterocycles. The molecule has 0 spiro atoms. The van der Waals surface area contributed by atoms with Crippen LogP contribution in [0.5, 0.6) is 0 Å². The van der Waals surface area contributed by atoms with Crippen LogP contribution < -0.4 is 10.9 Å². The molecule has 9 heteroatoms. The van der Waals surface area contributed by atoms with Crippen molar-refractivity contribution in [1.82, 2.24) is 9.78 Å². The number of aromatic amines is 1. The van der Waals surface area contributed by atoms with Gasteiger partial charge in [0.25, 0.3) is 11.2 Å². The van der Waals surface area contributed by atoms with E-state index in [9.17, 15) is 19.7 Å². The fraction of sp³-hybridized carbons (Fsp3) is 0.0556. The maximum atomic E-state index is 12.7. The lowest BCUT2D eigenvalue weighted by atomic mass is 10.2. The minimum Gasteiger partial charge on any atom is -0.309 e. The number of nitro benzene ring substituents is 1. The van der Waals surface area contributed by atoms with Gasteiger partial charge in [0.1, 0.15) is 0 Å². The van der Waals surface area contributed by atoms with Gasteiger partial charge in [0.15, 0.2) is 11.5 Å². The van der Waals surface area contributed by atoms with Crippen molar-refractivity contribution in [2.24, 2.45) is 4.99 Å². The number of benzene rings is 2. The van der Waals surface area contributed by atoms with E-state index in [-0.39, 0.29) is 23.1 Å². The second kappa shape index (κ2) is 7.48. The van der Waals surface area contributed by atoms with E-state index in [1.807, 2.05) is 6.07 Å². The van der Waals surface area contributed by atoms with Gasteiger partial charge in [0, 0.05) is 25.3 Å². The molecule has 0 bridgehead atoms. The first kappa shape index (κ1) is 17.8. The van der Waals surface area contributed by atoms with Gasteiger partial charge in [0.05, 0.1) is 10.6 Å². The van der Waals surface area contributed by atoms with Gasteiger partial charge in [-0.3, -0.25) is 24.8 Å². The van der Waals surface area contributed by atoms with Crippen molar-refractivity contribution in [3.63, 3.8) is 0 Å². The number of nitro groups is 1. The van der Waals surface area contributed by atoms with Crippen LogP contribution in [0.3, 0.4) is 0 Å². The second-order valence-corrected chi connectivity index (χ2v) is 5.60. The number of nitrogens with one attached hydrogen (secondary N) is 2. The largest absolute Gasteiger partial charge is 0.309 e. The summed E-state index contributed by atoms with van der Waals surface area (Å²) in [5.74, 6) is -0.235. The summed E-state index contributed by atoms with van der Waals surface area (Å²) in [5.41, 5.74) is 0.458. The van der Waals surface area contributed by atoms with Gasteiger partial charge in [-0.15, -0.1) is 0 Å². The van der Waals surface area contributed by atoms with Gasteiger partial charge in [-0.05, 0) is 17.7 Å². The molecule has 0 aliphatic heterocycles. The smallest absolute Gasteiger partial charge is 0.299 e. The number of aliphatic imine (C=N–C) groups is 1. The van der Waals surface area contributed by atoms with Crippen molar-refractivity contribution in [3.05, 3.63) is 80.6 Å². The number of H-pyrrole nitrogens is 1. The first-order valence-electron chi connectivity index (χ1n) is 7.92. The zero-order valence-corrected chi connectivity index (χ0v) is 14.2. The third kappa shape index (κ3) is 3.98. The number of hydrogen-bond donors (Lipinski definition) is 2. The van der Waals surface area contributed by atoms with E-state index in [1.54, 1.807) is 30.3 Å². The van der Waals surface area contributed by atoms with E-state index in [0.29, 0.717) is 11.3 Å². The van der Waals surface area contributed by atoms with Gasteiger partial charge in [-0.25, -0.2) is 9.67 Å². The van der Waals surface area contributed by atoms with E-state index < -0.39 is 10.5 Å². The molecular formula is C18H15N5O4. The molecule has 3 aromatic rings. The summed E-state index contributed by atoms with van der Waals surface area (Å²) >= 11 is 0. The Balaban J connectivity index is 2.04. The fourth-order valence-corrected chi connectivity index (χ4v) is 2.43. The molecule has 27 heavy (non-hydrogen) atoms. The van der Waals surface area contributed by atoms with Crippen LogP contribution in [0, 0.1) is 10.1 Å². The molecule has 1 aromatic heterocycles. The zero-order chi connectivity index (χ0) is 19.4. The number of non-ortho nitro benzene ring substituents is 1. The molecule has 0 radical (unpaired) electrons. The highest BCUT2D eigenvalue weighted by molar-refractivity contribution is 5.92. The van der Waals surface area contributed by atoms with E-state index in [4.69, 9.17) is 0 Å². The maximum Gasteiger partial charge on any atom is 0.299 e. The lowest BCUT2D eigenvalue weighted by molar-refractivity contribution is -0.384. The van der Waals surface area contributed by atoms with Crippen molar-refractivity contribution in [2.75, 3.05) is 5.32 Å². The number of amides is 1. The maximum absolute atomic E-state index is 12.7. The van der Waals surface area contributed by atoms with Crippen LogP contribution in [0.2, 0.25) is 0 Å². The van der Waals surface area contributed by atoms with Gasteiger partial charge in [-0.1, -0.05) is 30.3 Å². The fourth-order valence-electron chi connectivity index (χ4n) is 2.43. The monoisotopic (exact) mass is 365 g/mol. The quantitative estimate of drug-likeness (QED) is 0.410. The number of carbonyl (C=O) groups excluding carboxylic acids is 1. The average Bonchev–Trinajstić information content (AvgIpc) is 2.96. The SMILES string of the molecule is CC(=O)Nc1[nH]n(-c2ccccc2)c(=O)c1N=Cc1cccc([N+](=O)[O-])c1. The Bertz CT molecular complexity index is 1080. The summed E-state index contributed by atoms with van der Waals surface area (Å²) in [6.07, 6.45) is 1.33. The molecule has 3 rings (SSSR count).